The van der Waals surface area contributed by atoms with Crippen LogP contribution in [0.3, 0.4) is 0 Å². The summed E-state index contributed by atoms with van der Waals surface area (Å²) in [5.74, 6) is 1.74. The van der Waals surface area contributed by atoms with Gasteiger partial charge in [-0.1, -0.05) is 30.3 Å². The Labute approximate surface area is 144 Å². The maximum atomic E-state index is 5.76. The zero-order valence-electron chi connectivity index (χ0n) is 14.4. The fourth-order valence-electron chi connectivity index (χ4n) is 2.21. The molecule has 2 aromatic rings. The molecule has 0 aliphatic rings. The second-order valence-electron chi connectivity index (χ2n) is 5.54. The zero-order valence-corrected chi connectivity index (χ0v) is 14.4. The molecule has 2 rings (SSSR count). The zero-order chi connectivity index (χ0) is 16.9. The molecule has 0 unspecified atom stereocenters. The Balaban J connectivity index is 1.58. The van der Waals surface area contributed by atoms with Gasteiger partial charge in [-0.3, -0.25) is 0 Å². The fraction of sp³-hybridized carbons (Fsp3) is 0.400. The molecule has 0 amide bonds. The Hall–Kier alpha value is -2.04. The highest BCUT2D eigenvalue weighted by molar-refractivity contribution is 5.31. The van der Waals surface area contributed by atoms with Gasteiger partial charge in [0.25, 0.3) is 0 Å². The highest BCUT2D eigenvalue weighted by Crippen LogP contribution is 2.18. The molecule has 0 aliphatic carbocycles. The summed E-state index contributed by atoms with van der Waals surface area (Å²) in [4.78, 5) is 0. The van der Waals surface area contributed by atoms with Crippen molar-refractivity contribution in [3.63, 3.8) is 0 Å². The molecule has 2 aromatic carbocycles. The van der Waals surface area contributed by atoms with E-state index in [1.54, 1.807) is 7.11 Å². The quantitative estimate of drug-likeness (QED) is 0.603. The van der Waals surface area contributed by atoms with Crippen LogP contribution in [0.15, 0.2) is 54.6 Å². The van der Waals surface area contributed by atoms with Gasteiger partial charge >= 0.3 is 0 Å². The van der Waals surface area contributed by atoms with Crippen LogP contribution in [0.25, 0.3) is 0 Å². The van der Waals surface area contributed by atoms with Crippen LogP contribution in [0.5, 0.6) is 11.5 Å². The van der Waals surface area contributed by atoms with Crippen molar-refractivity contribution in [3.8, 4) is 11.5 Å². The van der Waals surface area contributed by atoms with Crippen molar-refractivity contribution in [2.24, 2.45) is 0 Å². The first-order valence-electron chi connectivity index (χ1n) is 8.48. The van der Waals surface area contributed by atoms with Crippen LogP contribution in [-0.4, -0.2) is 33.4 Å². The Morgan fingerprint density at radius 1 is 0.750 bits per heavy atom. The van der Waals surface area contributed by atoms with Crippen molar-refractivity contribution in [3.05, 3.63) is 60.2 Å². The maximum Gasteiger partial charge on any atom is 0.120 e. The van der Waals surface area contributed by atoms with E-state index in [0.717, 1.165) is 56.2 Å². The number of hydrogen-bond acceptors (Lipinski definition) is 4. The predicted molar refractivity (Wildman–Crippen MR) is 96.7 cm³/mol. The van der Waals surface area contributed by atoms with Crippen LogP contribution in [0.1, 0.15) is 18.4 Å². The van der Waals surface area contributed by atoms with Crippen molar-refractivity contribution >= 4 is 0 Å². The van der Waals surface area contributed by atoms with Crippen LogP contribution in [0.2, 0.25) is 0 Å². The minimum Gasteiger partial charge on any atom is -0.494 e. The highest BCUT2D eigenvalue weighted by Gasteiger charge is 1.98. The molecule has 1 N–H and O–H groups in total. The van der Waals surface area contributed by atoms with Gasteiger partial charge < -0.3 is 19.5 Å². The van der Waals surface area contributed by atoms with Crippen LogP contribution in [0.4, 0.5) is 0 Å². The van der Waals surface area contributed by atoms with Crippen molar-refractivity contribution in [2.45, 2.75) is 19.4 Å². The highest BCUT2D eigenvalue weighted by atomic mass is 16.5. The molecule has 0 saturated carbocycles. The molecular weight excluding hydrogens is 302 g/mol. The van der Waals surface area contributed by atoms with Gasteiger partial charge in [-0.05, 0) is 49.2 Å². The normalized spacial score (nSPS) is 10.5. The van der Waals surface area contributed by atoms with Crippen LogP contribution >= 0.6 is 0 Å². The van der Waals surface area contributed by atoms with E-state index >= 15 is 0 Å². The van der Waals surface area contributed by atoms with E-state index < -0.39 is 0 Å². The number of nitrogens with one attached hydrogen (secondary N) is 1. The third-order valence-electron chi connectivity index (χ3n) is 3.57. The molecule has 0 bridgehead atoms. The number of rotatable bonds is 12. The lowest BCUT2D eigenvalue weighted by Gasteiger charge is -2.09. The van der Waals surface area contributed by atoms with Crippen molar-refractivity contribution in [1.82, 2.24) is 5.32 Å². The minimum absolute atomic E-state index is 0.580. The van der Waals surface area contributed by atoms with Gasteiger partial charge in [-0.25, -0.2) is 0 Å². The van der Waals surface area contributed by atoms with Gasteiger partial charge in [0.1, 0.15) is 18.1 Å². The number of hydrogen-bond donors (Lipinski definition) is 1. The van der Waals surface area contributed by atoms with Crippen LogP contribution < -0.4 is 14.8 Å². The maximum absolute atomic E-state index is 5.76. The summed E-state index contributed by atoms with van der Waals surface area (Å²) in [5, 5.41) is 3.32. The average molecular weight is 329 g/mol. The molecule has 0 saturated heterocycles. The Bertz CT molecular complexity index is 543. The SMILES string of the molecule is COCCNCCCCOc1ccc(OCc2ccccc2)cc1. The van der Waals surface area contributed by atoms with Crippen LogP contribution in [-0.2, 0) is 11.3 Å². The Kier molecular flexibility index (Phi) is 8.76. The summed E-state index contributed by atoms with van der Waals surface area (Å²) in [7, 11) is 1.72. The second-order valence-corrected chi connectivity index (χ2v) is 5.54. The van der Waals surface area contributed by atoms with Gasteiger partial charge in [0, 0.05) is 13.7 Å². The van der Waals surface area contributed by atoms with Crippen molar-refractivity contribution < 1.29 is 14.2 Å². The van der Waals surface area contributed by atoms with E-state index in [1.807, 2.05) is 42.5 Å². The predicted octanol–water partition coefficient (Wildman–Crippen LogP) is 3.66. The fourth-order valence-corrected chi connectivity index (χ4v) is 2.21. The lowest BCUT2D eigenvalue weighted by molar-refractivity contribution is 0.199. The van der Waals surface area contributed by atoms with E-state index in [1.165, 1.54) is 0 Å². The van der Waals surface area contributed by atoms with Crippen LogP contribution in [0, 0.1) is 0 Å². The summed E-state index contributed by atoms with van der Waals surface area (Å²) in [6, 6.07) is 18.0. The molecule has 4 heteroatoms. The number of benzene rings is 2. The summed E-state index contributed by atoms with van der Waals surface area (Å²) < 4.78 is 16.5. The molecule has 4 nitrogen and oxygen atoms in total. The number of ether oxygens (including phenoxy) is 3. The van der Waals surface area contributed by atoms with Gasteiger partial charge in [-0.15, -0.1) is 0 Å². The number of methoxy groups -OCH3 is 1. The summed E-state index contributed by atoms with van der Waals surface area (Å²) >= 11 is 0. The molecule has 0 fully saturated rings. The van der Waals surface area contributed by atoms with Crippen molar-refractivity contribution in [2.75, 3.05) is 33.4 Å². The molecule has 0 radical (unpaired) electrons. The van der Waals surface area contributed by atoms with E-state index in [4.69, 9.17) is 14.2 Å². The lowest BCUT2D eigenvalue weighted by Crippen LogP contribution is -2.20. The topological polar surface area (TPSA) is 39.7 Å². The van der Waals surface area contributed by atoms with Gasteiger partial charge in [0.05, 0.1) is 13.2 Å². The molecule has 130 valence electrons. The number of unbranched alkanes of at least 4 members (excludes halogenated alkanes) is 1. The summed E-state index contributed by atoms with van der Waals surface area (Å²) in [6.07, 6.45) is 2.13. The Morgan fingerprint density at radius 2 is 1.46 bits per heavy atom. The minimum atomic E-state index is 0.580. The first-order chi connectivity index (χ1) is 11.9. The standard InChI is InChI=1S/C20H27NO3/c1-22-16-14-21-13-5-6-15-23-19-9-11-20(12-10-19)24-17-18-7-3-2-4-8-18/h2-4,7-12,21H,5-6,13-17H2,1H3. The van der Waals surface area contributed by atoms with E-state index in [0.29, 0.717) is 6.61 Å². The van der Waals surface area contributed by atoms with E-state index in [-0.39, 0.29) is 0 Å². The molecule has 0 heterocycles. The summed E-state index contributed by atoms with van der Waals surface area (Å²) in [6.45, 7) is 3.98. The Morgan fingerprint density at radius 3 is 2.17 bits per heavy atom. The summed E-state index contributed by atoms with van der Waals surface area (Å²) in [5.41, 5.74) is 1.16. The molecule has 0 aromatic heterocycles. The molecule has 0 aliphatic heterocycles. The third-order valence-corrected chi connectivity index (χ3v) is 3.57. The first kappa shape index (κ1) is 18.3. The molecule has 0 atom stereocenters. The van der Waals surface area contributed by atoms with Gasteiger partial charge in [0.2, 0.25) is 0 Å². The second kappa shape index (κ2) is 11.5. The molecular formula is C20H27NO3. The van der Waals surface area contributed by atoms with Crippen molar-refractivity contribution in [1.29, 1.82) is 0 Å². The third kappa shape index (κ3) is 7.49. The lowest BCUT2D eigenvalue weighted by atomic mass is 10.2. The molecule has 0 spiro atoms. The largest absolute Gasteiger partial charge is 0.494 e. The monoisotopic (exact) mass is 329 g/mol. The van der Waals surface area contributed by atoms with E-state index in [9.17, 15) is 0 Å². The van der Waals surface area contributed by atoms with Gasteiger partial charge in [-0.2, -0.15) is 0 Å². The molecule has 24 heavy (non-hydrogen) atoms. The van der Waals surface area contributed by atoms with E-state index in [2.05, 4.69) is 17.4 Å². The van der Waals surface area contributed by atoms with Gasteiger partial charge in [0.15, 0.2) is 0 Å². The average Bonchev–Trinajstić information content (AvgIpc) is 2.64. The first-order valence-corrected chi connectivity index (χ1v) is 8.48. The smallest absolute Gasteiger partial charge is 0.120 e.